The first-order valence-electron chi connectivity index (χ1n) is 9.31. The van der Waals surface area contributed by atoms with Crippen LogP contribution in [0.5, 0.6) is 0 Å². The molecule has 0 unspecified atom stereocenters. The molecule has 0 atom stereocenters. The summed E-state index contributed by atoms with van der Waals surface area (Å²) in [5, 5.41) is 0. The number of amides is 1. The summed E-state index contributed by atoms with van der Waals surface area (Å²) in [6, 6.07) is 0. The van der Waals surface area contributed by atoms with E-state index in [4.69, 9.17) is 0 Å². The molecule has 4 bridgehead atoms. The number of piperidine rings is 1. The third-order valence-corrected chi connectivity index (χ3v) is 7.60. The van der Waals surface area contributed by atoms with Crippen LogP contribution in [0.3, 0.4) is 0 Å². The lowest BCUT2D eigenvalue weighted by atomic mass is 9.49. The number of rotatable bonds is 2. The average molecular weight is 289 g/mol. The molecule has 0 spiro atoms. The van der Waals surface area contributed by atoms with E-state index in [2.05, 4.69) is 18.7 Å². The van der Waals surface area contributed by atoms with Crippen molar-refractivity contribution in [2.24, 2.45) is 28.6 Å². The molecule has 5 aliphatic rings. The minimum atomic E-state index is 0.0781. The van der Waals surface area contributed by atoms with E-state index in [1.165, 1.54) is 57.8 Å². The topological polar surface area (TPSA) is 20.3 Å². The van der Waals surface area contributed by atoms with E-state index < -0.39 is 0 Å². The lowest BCUT2D eigenvalue weighted by Gasteiger charge is -2.57. The predicted molar refractivity (Wildman–Crippen MR) is 84.8 cm³/mol. The van der Waals surface area contributed by atoms with Crippen LogP contribution in [0.25, 0.3) is 0 Å². The fourth-order valence-corrected chi connectivity index (χ4v) is 6.31. The van der Waals surface area contributed by atoms with Crippen LogP contribution in [0.15, 0.2) is 0 Å². The van der Waals surface area contributed by atoms with Gasteiger partial charge in [-0.05, 0) is 74.5 Å². The van der Waals surface area contributed by atoms with Gasteiger partial charge in [0.05, 0.1) is 5.41 Å². The lowest BCUT2D eigenvalue weighted by Crippen LogP contribution is -2.56. The van der Waals surface area contributed by atoms with Crippen molar-refractivity contribution < 1.29 is 4.79 Å². The van der Waals surface area contributed by atoms with Crippen LogP contribution in [0.4, 0.5) is 0 Å². The van der Waals surface area contributed by atoms with Gasteiger partial charge in [-0.3, -0.25) is 4.79 Å². The van der Waals surface area contributed by atoms with Crippen molar-refractivity contribution in [2.75, 3.05) is 13.1 Å². The van der Waals surface area contributed by atoms with Crippen LogP contribution in [-0.4, -0.2) is 23.9 Å². The highest BCUT2D eigenvalue weighted by Crippen LogP contribution is 2.60. The number of carbonyl (C=O) groups excluding carboxylic acids is 1. The molecule has 2 heteroatoms. The van der Waals surface area contributed by atoms with Gasteiger partial charge in [0.15, 0.2) is 0 Å². The highest BCUT2D eigenvalue weighted by atomic mass is 16.2. The Morgan fingerprint density at radius 2 is 1.48 bits per heavy atom. The van der Waals surface area contributed by atoms with Gasteiger partial charge < -0.3 is 4.90 Å². The van der Waals surface area contributed by atoms with E-state index in [0.717, 1.165) is 30.8 Å². The van der Waals surface area contributed by atoms with Gasteiger partial charge in [-0.1, -0.05) is 20.3 Å². The quantitative estimate of drug-likeness (QED) is 0.744. The monoisotopic (exact) mass is 289 g/mol. The summed E-state index contributed by atoms with van der Waals surface area (Å²) in [5.74, 6) is 3.20. The minimum absolute atomic E-state index is 0.0781. The zero-order valence-corrected chi connectivity index (χ0v) is 13.9. The Morgan fingerprint density at radius 1 is 1.00 bits per heavy atom. The Balaban J connectivity index is 1.48. The van der Waals surface area contributed by atoms with E-state index in [9.17, 15) is 4.79 Å². The van der Waals surface area contributed by atoms with Crippen LogP contribution in [0.1, 0.15) is 71.6 Å². The Hall–Kier alpha value is -0.530. The van der Waals surface area contributed by atoms with Crippen LogP contribution < -0.4 is 0 Å². The van der Waals surface area contributed by atoms with E-state index in [1.54, 1.807) is 0 Å². The normalized spacial score (nSPS) is 44.1. The van der Waals surface area contributed by atoms with Crippen molar-refractivity contribution in [3.05, 3.63) is 0 Å². The Bertz CT molecular complexity index is 398. The summed E-state index contributed by atoms with van der Waals surface area (Å²) in [5.41, 5.74) is 0.562. The van der Waals surface area contributed by atoms with Crippen LogP contribution in [0, 0.1) is 28.6 Å². The summed E-state index contributed by atoms with van der Waals surface area (Å²) < 4.78 is 0. The Kier molecular flexibility index (Phi) is 3.17. The maximum atomic E-state index is 13.3. The maximum Gasteiger partial charge on any atom is 0.228 e. The first-order valence-corrected chi connectivity index (χ1v) is 9.31. The molecule has 5 fully saturated rings. The standard InChI is InChI=1S/C19H31NO/c1-3-18(2)4-6-20(7-5-18)17(21)19-11-14-8-15(12-19)10-16(9-14)13-19/h14-16H,3-13H2,1-2H3. The summed E-state index contributed by atoms with van der Waals surface area (Å²) in [4.78, 5) is 15.5. The van der Waals surface area contributed by atoms with Gasteiger partial charge >= 0.3 is 0 Å². The predicted octanol–water partition coefficient (Wildman–Crippen LogP) is 4.24. The van der Waals surface area contributed by atoms with Gasteiger partial charge in [0.25, 0.3) is 0 Å². The van der Waals surface area contributed by atoms with Crippen molar-refractivity contribution in [1.82, 2.24) is 4.90 Å². The lowest BCUT2D eigenvalue weighted by molar-refractivity contribution is -0.159. The molecule has 118 valence electrons. The second-order valence-corrected chi connectivity index (χ2v) is 9.15. The van der Waals surface area contributed by atoms with Crippen molar-refractivity contribution in [2.45, 2.75) is 71.6 Å². The van der Waals surface area contributed by atoms with E-state index in [0.29, 0.717) is 11.3 Å². The first kappa shape index (κ1) is 14.1. The molecule has 0 aromatic carbocycles. The van der Waals surface area contributed by atoms with Gasteiger partial charge in [0, 0.05) is 13.1 Å². The molecular weight excluding hydrogens is 258 g/mol. The molecule has 1 amide bonds. The Morgan fingerprint density at radius 3 is 1.90 bits per heavy atom. The van der Waals surface area contributed by atoms with E-state index >= 15 is 0 Å². The average Bonchev–Trinajstić information content (AvgIpc) is 2.46. The number of likely N-dealkylation sites (tertiary alicyclic amines) is 1. The highest BCUT2D eigenvalue weighted by Gasteiger charge is 2.55. The largest absolute Gasteiger partial charge is 0.342 e. The number of hydrogen-bond donors (Lipinski definition) is 0. The summed E-state index contributed by atoms with van der Waals surface area (Å²) in [7, 11) is 0. The van der Waals surface area contributed by atoms with Gasteiger partial charge in [0.2, 0.25) is 5.91 Å². The van der Waals surface area contributed by atoms with Gasteiger partial charge in [0.1, 0.15) is 0 Å². The Labute approximate surface area is 129 Å². The second kappa shape index (κ2) is 4.73. The second-order valence-electron chi connectivity index (χ2n) is 9.15. The number of nitrogens with zero attached hydrogens (tertiary/aromatic N) is 1. The molecule has 4 aliphatic carbocycles. The minimum Gasteiger partial charge on any atom is -0.342 e. The molecule has 1 saturated heterocycles. The van der Waals surface area contributed by atoms with Gasteiger partial charge in [-0.25, -0.2) is 0 Å². The first-order chi connectivity index (χ1) is 10.0. The SMILES string of the molecule is CCC1(C)CCN(C(=O)C23CC4CC(CC(C4)C2)C3)CC1. The molecule has 2 nitrogen and oxygen atoms in total. The van der Waals surface area contributed by atoms with E-state index in [1.807, 2.05) is 0 Å². The number of hydrogen-bond acceptors (Lipinski definition) is 1. The van der Waals surface area contributed by atoms with Crippen LogP contribution >= 0.6 is 0 Å². The van der Waals surface area contributed by atoms with Crippen molar-refractivity contribution in [1.29, 1.82) is 0 Å². The molecule has 0 radical (unpaired) electrons. The molecular formula is C19H31NO. The molecule has 0 aromatic rings. The fourth-order valence-electron chi connectivity index (χ4n) is 6.31. The molecule has 4 saturated carbocycles. The molecule has 1 heterocycles. The molecule has 5 rings (SSSR count). The smallest absolute Gasteiger partial charge is 0.228 e. The third kappa shape index (κ3) is 2.24. The summed E-state index contributed by atoms with van der Waals surface area (Å²) in [6.07, 6.45) is 11.6. The van der Waals surface area contributed by atoms with Crippen LogP contribution in [0.2, 0.25) is 0 Å². The molecule has 1 aliphatic heterocycles. The van der Waals surface area contributed by atoms with Gasteiger partial charge in [-0.15, -0.1) is 0 Å². The van der Waals surface area contributed by atoms with Crippen molar-refractivity contribution in [3.8, 4) is 0 Å². The van der Waals surface area contributed by atoms with Crippen LogP contribution in [-0.2, 0) is 4.79 Å². The molecule has 0 N–H and O–H groups in total. The zero-order chi connectivity index (χ0) is 14.7. The van der Waals surface area contributed by atoms with Crippen molar-refractivity contribution in [3.63, 3.8) is 0 Å². The van der Waals surface area contributed by atoms with Gasteiger partial charge in [-0.2, -0.15) is 0 Å². The third-order valence-electron chi connectivity index (χ3n) is 7.60. The van der Waals surface area contributed by atoms with E-state index in [-0.39, 0.29) is 5.41 Å². The molecule has 0 aromatic heterocycles. The van der Waals surface area contributed by atoms with Crippen molar-refractivity contribution >= 4 is 5.91 Å². The summed E-state index contributed by atoms with van der Waals surface area (Å²) >= 11 is 0. The molecule has 21 heavy (non-hydrogen) atoms. The fraction of sp³-hybridized carbons (Fsp3) is 0.947. The summed E-state index contributed by atoms with van der Waals surface area (Å²) in [6.45, 7) is 6.74. The zero-order valence-electron chi connectivity index (χ0n) is 13.9. The number of carbonyl (C=O) groups is 1. The maximum absolute atomic E-state index is 13.3. The highest BCUT2D eigenvalue weighted by molar-refractivity contribution is 5.83.